The van der Waals surface area contributed by atoms with Crippen molar-refractivity contribution in [2.45, 2.75) is 6.42 Å². The van der Waals surface area contributed by atoms with Crippen LogP contribution >= 0.6 is 0 Å². The molecule has 2 aliphatic heterocycles. The van der Waals surface area contributed by atoms with Crippen molar-refractivity contribution in [3.8, 4) is 0 Å². The minimum absolute atomic E-state index is 0.127. The quantitative estimate of drug-likeness (QED) is 0.341. The van der Waals surface area contributed by atoms with Gasteiger partial charge in [0.15, 0.2) is 0 Å². The van der Waals surface area contributed by atoms with Crippen LogP contribution in [-0.2, 0) is 0 Å². The lowest BCUT2D eigenvalue weighted by Crippen LogP contribution is -2.49. The Morgan fingerprint density at radius 3 is 2.14 bits per heavy atom. The largest absolute Gasteiger partial charge is 0.366 e. The minimum atomic E-state index is -0.536. The summed E-state index contributed by atoms with van der Waals surface area (Å²) in [5, 5.41) is 17.2. The summed E-state index contributed by atoms with van der Waals surface area (Å²) in [6.45, 7) is 4.41. The number of rotatable bonds is 6. The molecule has 12 heteroatoms. The summed E-state index contributed by atoms with van der Waals surface area (Å²) >= 11 is 0. The molecule has 218 valence electrons. The number of carbonyl (C=O) groups is 3. The molecule has 0 spiro atoms. The molecule has 3 amide bonds. The highest BCUT2D eigenvalue weighted by atomic mass is 19.1. The van der Waals surface area contributed by atoms with Crippen LogP contribution < -0.4 is 15.5 Å². The third kappa shape index (κ3) is 6.55. The lowest BCUT2D eigenvalue weighted by molar-refractivity contribution is -0.384. The zero-order valence-electron chi connectivity index (χ0n) is 22.9. The van der Waals surface area contributed by atoms with Crippen LogP contribution in [0, 0.1) is 15.9 Å². The fourth-order valence-corrected chi connectivity index (χ4v) is 5.16. The average Bonchev–Trinajstić information content (AvgIpc) is 3.30. The van der Waals surface area contributed by atoms with Crippen LogP contribution in [0.4, 0.5) is 21.5 Å². The second kappa shape index (κ2) is 12.8. The van der Waals surface area contributed by atoms with Gasteiger partial charge in [0, 0.05) is 74.6 Å². The molecule has 2 N–H and O–H groups in total. The van der Waals surface area contributed by atoms with E-state index in [2.05, 4.69) is 10.6 Å². The van der Waals surface area contributed by atoms with E-state index in [0.717, 1.165) is 13.0 Å². The van der Waals surface area contributed by atoms with Crippen molar-refractivity contribution in [2.75, 3.05) is 62.6 Å². The fraction of sp³-hybridized carbons (Fsp3) is 0.300. The van der Waals surface area contributed by atoms with Gasteiger partial charge in [-0.1, -0.05) is 6.07 Å². The first kappa shape index (κ1) is 28.7. The predicted molar refractivity (Wildman–Crippen MR) is 155 cm³/mol. The van der Waals surface area contributed by atoms with Gasteiger partial charge >= 0.3 is 0 Å². The Labute approximate surface area is 242 Å². The summed E-state index contributed by atoms with van der Waals surface area (Å²) in [6, 6.07) is 16.1. The van der Waals surface area contributed by atoms with Crippen molar-refractivity contribution in [1.29, 1.82) is 0 Å². The molecule has 0 aliphatic carbocycles. The van der Waals surface area contributed by atoms with Crippen LogP contribution in [0.25, 0.3) is 0 Å². The molecular formula is C30H31FN6O5. The minimum Gasteiger partial charge on any atom is -0.366 e. The van der Waals surface area contributed by atoms with Gasteiger partial charge in [-0.3, -0.25) is 24.5 Å². The van der Waals surface area contributed by atoms with E-state index in [0.29, 0.717) is 62.8 Å². The van der Waals surface area contributed by atoms with Crippen LogP contribution in [0.5, 0.6) is 0 Å². The maximum Gasteiger partial charge on any atom is 0.269 e. The van der Waals surface area contributed by atoms with Crippen LogP contribution in [0.1, 0.15) is 37.5 Å². The number of piperazine rings is 1. The molecule has 5 rings (SSSR count). The Kier molecular flexibility index (Phi) is 8.72. The standard InChI is InChI=1S/C30H31FN6O5/c31-24-4-1-3-22(19-24)29(39)36-17-15-34(16-18-36)27-10-7-23(30(40)35-13-2-11-32-12-14-35)20-26(27)33-28(38)21-5-8-25(9-6-21)37(41)42/h1,3-10,19-20,32H,2,11-18H2,(H,33,38). The van der Waals surface area contributed by atoms with Gasteiger partial charge in [0.1, 0.15) is 5.82 Å². The molecule has 0 unspecified atom stereocenters. The molecule has 2 fully saturated rings. The molecule has 3 aromatic carbocycles. The number of benzene rings is 3. The number of nitrogens with zero attached hydrogens (tertiary/aromatic N) is 4. The third-order valence-corrected chi connectivity index (χ3v) is 7.44. The third-order valence-electron chi connectivity index (χ3n) is 7.44. The number of non-ortho nitro benzene ring substituents is 1. The van der Waals surface area contributed by atoms with Gasteiger partial charge in [0.25, 0.3) is 23.4 Å². The second-order valence-corrected chi connectivity index (χ2v) is 10.2. The van der Waals surface area contributed by atoms with E-state index in [1.54, 1.807) is 34.1 Å². The SMILES string of the molecule is O=C(Nc1cc(C(=O)N2CCCNCC2)ccc1N1CCN(C(=O)c2cccc(F)c2)CC1)c1ccc([N+](=O)[O-])cc1. The van der Waals surface area contributed by atoms with Crippen LogP contribution in [-0.4, -0.2) is 84.8 Å². The highest BCUT2D eigenvalue weighted by molar-refractivity contribution is 6.07. The predicted octanol–water partition coefficient (Wildman–Crippen LogP) is 3.38. The molecule has 2 saturated heterocycles. The summed E-state index contributed by atoms with van der Waals surface area (Å²) in [5.41, 5.74) is 1.91. The number of nitro benzene ring substituents is 1. The van der Waals surface area contributed by atoms with Crippen molar-refractivity contribution in [3.63, 3.8) is 0 Å². The van der Waals surface area contributed by atoms with E-state index >= 15 is 0 Å². The normalized spacial score (nSPS) is 15.6. The van der Waals surface area contributed by atoms with Crippen LogP contribution in [0.2, 0.25) is 0 Å². The number of hydrogen-bond acceptors (Lipinski definition) is 7. The molecular weight excluding hydrogens is 543 g/mol. The van der Waals surface area contributed by atoms with Crippen molar-refractivity contribution in [3.05, 3.63) is 99.4 Å². The Morgan fingerprint density at radius 1 is 0.786 bits per heavy atom. The Morgan fingerprint density at radius 2 is 1.45 bits per heavy atom. The zero-order chi connectivity index (χ0) is 29.6. The molecule has 11 nitrogen and oxygen atoms in total. The topological polar surface area (TPSA) is 128 Å². The van der Waals surface area contributed by atoms with E-state index < -0.39 is 16.6 Å². The summed E-state index contributed by atoms with van der Waals surface area (Å²) in [6.07, 6.45) is 0.839. The van der Waals surface area contributed by atoms with Gasteiger partial charge in [-0.15, -0.1) is 0 Å². The second-order valence-electron chi connectivity index (χ2n) is 10.2. The number of nitro groups is 1. The highest BCUT2D eigenvalue weighted by Crippen LogP contribution is 2.30. The van der Waals surface area contributed by atoms with Crippen molar-refractivity contribution < 1.29 is 23.7 Å². The number of nitrogens with one attached hydrogen (secondary N) is 2. The molecule has 0 bridgehead atoms. The van der Waals surface area contributed by atoms with Crippen molar-refractivity contribution >= 4 is 34.8 Å². The molecule has 0 atom stereocenters. The summed E-state index contributed by atoms with van der Waals surface area (Å²) in [5.74, 6) is -1.34. The summed E-state index contributed by atoms with van der Waals surface area (Å²) in [7, 11) is 0. The Bertz CT molecular complexity index is 1480. The van der Waals surface area contributed by atoms with E-state index in [-0.39, 0.29) is 28.6 Å². The van der Waals surface area contributed by atoms with Gasteiger partial charge in [0.2, 0.25) is 0 Å². The van der Waals surface area contributed by atoms with Crippen molar-refractivity contribution in [1.82, 2.24) is 15.1 Å². The maximum atomic E-state index is 13.7. The first-order valence-electron chi connectivity index (χ1n) is 13.8. The zero-order valence-corrected chi connectivity index (χ0v) is 22.9. The first-order valence-corrected chi connectivity index (χ1v) is 13.8. The van der Waals surface area contributed by atoms with E-state index in [4.69, 9.17) is 0 Å². The van der Waals surface area contributed by atoms with Gasteiger partial charge < -0.3 is 25.3 Å². The lowest BCUT2D eigenvalue weighted by Gasteiger charge is -2.37. The van der Waals surface area contributed by atoms with Gasteiger partial charge in [-0.2, -0.15) is 0 Å². The average molecular weight is 575 g/mol. The molecule has 2 heterocycles. The molecule has 0 saturated carbocycles. The molecule has 0 radical (unpaired) electrons. The molecule has 42 heavy (non-hydrogen) atoms. The lowest BCUT2D eigenvalue weighted by atomic mass is 10.1. The molecule has 2 aliphatic rings. The molecule has 0 aromatic heterocycles. The molecule has 3 aromatic rings. The number of hydrogen-bond donors (Lipinski definition) is 2. The van der Waals surface area contributed by atoms with Gasteiger partial charge in [-0.05, 0) is 61.5 Å². The monoisotopic (exact) mass is 574 g/mol. The number of halogens is 1. The van der Waals surface area contributed by atoms with Crippen LogP contribution in [0.3, 0.4) is 0 Å². The first-order chi connectivity index (χ1) is 20.3. The number of amides is 3. The summed E-state index contributed by atoms with van der Waals surface area (Å²) < 4.78 is 13.7. The Hall–Kier alpha value is -4.84. The number of carbonyl (C=O) groups excluding carboxylic acids is 3. The fourth-order valence-electron chi connectivity index (χ4n) is 5.16. The number of anilines is 2. The van der Waals surface area contributed by atoms with Gasteiger partial charge in [-0.25, -0.2) is 4.39 Å². The summed E-state index contributed by atoms with van der Waals surface area (Å²) in [4.78, 5) is 55.4. The van der Waals surface area contributed by atoms with E-state index in [9.17, 15) is 28.9 Å². The van der Waals surface area contributed by atoms with Gasteiger partial charge in [0.05, 0.1) is 16.3 Å². The van der Waals surface area contributed by atoms with E-state index in [1.165, 1.54) is 42.5 Å². The van der Waals surface area contributed by atoms with Crippen molar-refractivity contribution in [2.24, 2.45) is 0 Å². The Balaban J connectivity index is 1.37. The maximum absolute atomic E-state index is 13.7. The van der Waals surface area contributed by atoms with E-state index in [1.807, 2.05) is 4.90 Å². The smallest absolute Gasteiger partial charge is 0.269 e. The van der Waals surface area contributed by atoms with Crippen LogP contribution in [0.15, 0.2) is 66.7 Å². The highest BCUT2D eigenvalue weighted by Gasteiger charge is 2.26.